The second-order valence-corrected chi connectivity index (χ2v) is 10.1. The number of anilines is 1. The molecule has 0 aliphatic rings. The zero-order valence-electron chi connectivity index (χ0n) is 14.8. The van der Waals surface area contributed by atoms with Gasteiger partial charge >= 0.3 is 0 Å². The lowest BCUT2D eigenvalue weighted by molar-refractivity contribution is -0.384. The highest BCUT2D eigenvalue weighted by Crippen LogP contribution is 2.34. The quantitative estimate of drug-likeness (QED) is 0.397. The van der Waals surface area contributed by atoms with E-state index >= 15 is 0 Å². The van der Waals surface area contributed by atoms with E-state index in [9.17, 15) is 31.3 Å². The van der Waals surface area contributed by atoms with Crippen molar-refractivity contribution >= 4 is 43.0 Å². The molecule has 0 spiro atoms. The van der Waals surface area contributed by atoms with Gasteiger partial charge in [-0.3, -0.25) is 10.1 Å². The molecule has 3 aromatic carbocycles. The summed E-state index contributed by atoms with van der Waals surface area (Å²) >= 11 is 5.73. The molecular weight excluding hydrogens is 459 g/mol. The van der Waals surface area contributed by atoms with Crippen LogP contribution in [0.4, 0.5) is 15.8 Å². The van der Waals surface area contributed by atoms with Crippen LogP contribution in [-0.4, -0.2) is 21.8 Å². The van der Waals surface area contributed by atoms with Crippen molar-refractivity contribution in [2.75, 3.05) is 3.71 Å². The lowest BCUT2D eigenvalue weighted by Crippen LogP contribution is -2.37. The number of sulfonamides is 2. The van der Waals surface area contributed by atoms with Gasteiger partial charge in [-0.05, 0) is 48.5 Å². The first-order chi connectivity index (χ1) is 14.0. The molecule has 0 aliphatic heterocycles. The van der Waals surface area contributed by atoms with Crippen LogP contribution >= 0.6 is 11.6 Å². The summed E-state index contributed by atoms with van der Waals surface area (Å²) in [5, 5.41) is 10.8. The molecule has 0 saturated carbocycles. The van der Waals surface area contributed by atoms with Crippen molar-refractivity contribution in [3.8, 4) is 0 Å². The predicted molar refractivity (Wildman–Crippen MR) is 108 cm³/mol. The van der Waals surface area contributed by atoms with Crippen LogP contribution in [0.25, 0.3) is 0 Å². The third kappa shape index (κ3) is 3.99. The van der Waals surface area contributed by atoms with E-state index in [0.717, 1.165) is 36.4 Å². The normalized spacial score (nSPS) is 11.8. The maximum atomic E-state index is 13.3. The van der Waals surface area contributed by atoms with Gasteiger partial charge in [-0.1, -0.05) is 29.8 Å². The first-order valence-electron chi connectivity index (χ1n) is 8.10. The lowest BCUT2D eigenvalue weighted by atomic mass is 10.3. The van der Waals surface area contributed by atoms with Gasteiger partial charge in [0.05, 0.1) is 20.4 Å². The lowest BCUT2D eigenvalue weighted by Gasteiger charge is -2.24. The molecule has 0 bridgehead atoms. The van der Waals surface area contributed by atoms with Crippen LogP contribution in [0.1, 0.15) is 0 Å². The van der Waals surface area contributed by atoms with Crippen molar-refractivity contribution < 1.29 is 26.1 Å². The molecule has 12 heteroatoms. The Morgan fingerprint density at radius 2 is 1.37 bits per heavy atom. The monoisotopic (exact) mass is 470 g/mol. The smallest absolute Gasteiger partial charge is 0.258 e. The zero-order valence-corrected chi connectivity index (χ0v) is 17.2. The van der Waals surface area contributed by atoms with Gasteiger partial charge in [-0.2, -0.15) is 3.71 Å². The summed E-state index contributed by atoms with van der Waals surface area (Å²) in [7, 11) is -9.60. The summed E-state index contributed by atoms with van der Waals surface area (Å²) in [5.41, 5.74) is -0.940. The predicted octanol–water partition coefficient (Wildman–Crippen LogP) is 3.97. The zero-order chi connectivity index (χ0) is 22.1. The van der Waals surface area contributed by atoms with Crippen LogP contribution in [0, 0.1) is 15.9 Å². The third-order valence-electron chi connectivity index (χ3n) is 3.93. The minimum Gasteiger partial charge on any atom is -0.258 e. The SMILES string of the molecule is O=[N+]([O-])c1cc(S(=O)(=O)N(c2ccccc2)S(=O)(=O)c2ccc(F)cc2)ccc1Cl. The number of nitro groups is 1. The Balaban J connectivity index is 2.27. The van der Waals surface area contributed by atoms with E-state index in [1.165, 1.54) is 24.3 Å². The van der Waals surface area contributed by atoms with Gasteiger partial charge in [0.25, 0.3) is 25.7 Å². The molecule has 0 aromatic heterocycles. The molecule has 0 aliphatic carbocycles. The fourth-order valence-electron chi connectivity index (χ4n) is 2.55. The Morgan fingerprint density at radius 1 is 0.833 bits per heavy atom. The van der Waals surface area contributed by atoms with Gasteiger partial charge in [0, 0.05) is 6.07 Å². The van der Waals surface area contributed by atoms with Crippen molar-refractivity contribution in [3.63, 3.8) is 0 Å². The number of hydrogen-bond acceptors (Lipinski definition) is 6. The number of nitro benzene ring substituents is 1. The summed E-state index contributed by atoms with van der Waals surface area (Å²) in [6.45, 7) is 0. The standard InChI is InChI=1S/C18H12ClFN2O6S2/c19-17-11-10-16(12-18(17)21(23)24)30(27,28)22(14-4-2-1-3-5-14)29(25,26)15-8-6-13(20)7-9-15/h1-12H. The third-order valence-corrected chi connectivity index (χ3v) is 8.44. The Hall–Kier alpha value is -3.02. The Bertz CT molecular complexity index is 1310. The minimum absolute atomic E-state index is 0.139. The number of benzene rings is 3. The molecule has 3 rings (SSSR count). The van der Waals surface area contributed by atoms with E-state index in [4.69, 9.17) is 11.6 Å². The van der Waals surface area contributed by atoms with E-state index in [-0.39, 0.29) is 14.4 Å². The minimum atomic E-state index is -4.85. The molecule has 0 saturated heterocycles. The fraction of sp³-hybridized carbons (Fsp3) is 0. The Kier molecular flexibility index (Phi) is 5.79. The highest BCUT2D eigenvalue weighted by molar-refractivity contribution is 8.10. The molecule has 0 unspecified atom stereocenters. The van der Waals surface area contributed by atoms with Crippen LogP contribution < -0.4 is 3.71 Å². The molecule has 0 atom stereocenters. The summed E-state index contributed by atoms with van der Waals surface area (Å²) < 4.78 is 66.4. The van der Waals surface area contributed by atoms with E-state index in [1.807, 2.05) is 0 Å². The molecular formula is C18H12ClFN2O6S2. The van der Waals surface area contributed by atoms with Crippen molar-refractivity contribution in [1.82, 2.24) is 0 Å². The van der Waals surface area contributed by atoms with Gasteiger partial charge in [0.1, 0.15) is 10.8 Å². The summed E-state index contributed by atoms with van der Waals surface area (Å²) in [6, 6.07) is 13.1. The van der Waals surface area contributed by atoms with Gasteiger partial charge in [-0.25, -0.2) is 21.2 Å². The second-order valence-electron chi connectivity index (χ2n) is 5.87. The number of rotatable bonds is 6. The molecule has 0 fully saturated rings. The number of para-hydroxylation sites is 1. The molecule has 3 aromatic rings. The van der Waals surface area contributed by atoms with Crippen LogP contribution in [0.2, 0.25) is 5.02 Å². The molecule has 0 heterocycles. The number of halogens is 2. The Labute approximate surface area is 176 Å². The average Bonchev–Trinajstić information content (AvgIpc) is 2.68. The average molecular weight is 471 g/mol. The van der Waals surface area contributed by atoms with Crippen molar-refractivity contribution in [3.05, 3.63) is 93.8 Å². The van der Waals surface area contributed by atoms with Gasteiger partial charge in [-0.15, -0.1) is 0 Å². The maximum Gasteiger partial charge on any atom is 0.289 e. The van der Waals surface area contributed by atoms with Crippen molar-refractivity contribution in [2.45, 2.75) is 9.79 Å². The molecule has 30 heavy (non-hydrogen) atoms. The van der Waals surface area contributed by atoms with E-state index in [0.29, 0.717) is 6.07 Å². The number of hydrogen-bond donors (Lipinski definition) is 0. The van der Waals surface area contributed by atoms with E-state index in [2.05, 4.69) is 0 Å². The first kappa shape index (κ1) is 21.7. The van der Waals surface area contributed by atoms with Gasteiger partial charge in [0.15, 0.2) is 0 Å². The number of nitrogens with zero attached hydrogens (tertiary/aromatic N) is 2. The summed E-state index contributed by atoms with van der Waals surface area (Å²) in [4.78, 5) is 9.12. The molecule has 156 valence electrons. The van der Waals surface area contributed by atoms with Crippen LogP contribution in [0.3, 0.4) is 0 Å². The van der Waals surface area contributed by atoms with Crippen molar-refractivity contribution in [2.24, 2.45) is 0 Å². The summed E-state index contributed by atoms with van der Waals surface area (Å²) in [5.74, 6) is -0.712. The van der Waals surface area contributed by atoms with Crippen molar-refractivity contribution in [1.29, 1.82) is 0 Å². The molecule has 8 nitrogen and oxygen atoms in total. The topological polar surface area (TPSA) is 115 Å². The van der Waals surface area contributed by atoms with E-state index in [1.54, 1.807) is 6.07 Å². The van der Waals surface area contributed by atoms with E-state index < -0.39 is 46.3 Å². The van der Waals surface area contributed by atoms with Crippen LogP contribution in [0.15, 0.2) is 82.6 Å². The van der Waals surface area contributed by atoms with Crippen LogP contribution in [-0.2, 0) is 20.0 Å². The molecule has 0 amide bonds. The maximum absolute atomic E-state index is 13.3. The largest absolute Gasteiger partial charge is 0.289 e. The molecule has 0 N–H and O–H groups in total. The van der Waals surface area contributed by atoms with Gasteiger partial charge < -0.3 is 0 Å². The van der Waals surface area contributed by atoms with Gasteiger partial charge in [0.2, 0.25) is 0 Å². The highest BCUT2D eigenvalue weighted by atomic mass is 35.5. The first-order valence-corrected chi connectivity index (χ1v) is 11.4. The summed E-state index contributed by atoms with van der Waals surface area (Å²) in [6.07, 6.45) is 0. The fourth-order valence-corrected chi connectivity index (χ4v) is 6.45. The Morgan fingerprint density at radius 3 is 1.93 bits per heavy atom. The van der Waals surface area contributed by atoms with Crippen LogP contribution in [0.5, 0.6) is 0 Å². The second kappa shape index (κ2) is 8.01. The molecule has 0 radical (unpaired) electrons. The highest BCUT2D eigenvalue weighted by Gasteiger charge is 2.37.